The Morgan fingerprint density at radius 1 is 1.12 bits per heavy atom. The fraction of sp³-hybridized carbons (Fsp3) is 0.500. The smallest absolute Gasteiger partial charge is 0.246 e. The van der Waals surface area contributed by atoms with Gasteiger partial charge in [-0.15, -0.1) is 0 Å². The van der Waals surface area contributed by atoms with Crippen molar-refractivity contribution in [2.45, 2.75) is 31.6 Å². The Morgan fingerprint density at radius 3 is 2.15 bits per heavy atom. The standard InChI is InChI=1S/C16H21Cl2N3O4S/c1-10(2)15(22)19-20-16(23)11-6-8-21(9-7-11)26(24,25)14-12(17)4-3-5-13(14)18/h3-5,10-11H,6-9H2,1-2H3,(H,19,22)(H,20,23). The largest absolute Gasteiger partial charge is 0.273 e. The highest BCUT2D eigenvalue weighted by molar-refractivity contribution is 7.89. The molecule has 10 heteroatoms. The number of nitrogens with one attached hydrogen (secondary N) is 2. The van der Waals surface area contributed by atoms with Crippen molar-refractivity contribution in [3.63, 3.8) is 0 Å². The number of hydrazine groups is 1. The van der Waals surface area contributed by atoms with Gasteiger partial charge in [0.2, 0.25) is 21.8 Å². The average Bonchev–Trinajstić information content (AvgIpc) is 2.59. The molecule has 1 heterocycles. The summed E-state index contributed by atoms with van der Waals surface area (Å²) in [7, 11) is -3.84. The number of halogens is 2. The molecule has 0 aliphatic carbocycles. The molecule has 0 unspecified atom stereocenters. The summed E-state index contributed by atoms with van der Waals surface area (Å²) in [6.45, 7) is 3.76. The number of hydrogen-bond donors (Lipinski definition) is 2. The summed E-state index contributed by atoms with van der Waals surface area (Å²) in [6, 6.07) is 4.52. The summed E-state index contributed by atoms with van der Waals surface area (Å²) in [6.07, 6.45) is 0.676. The lowest BCUT2D eigenvalue weighted by molar-refractivity contribution is -0.133. The number of nitrogens with zero attached hydrogens (tertiary/aromatic N) is 1. The Morgan fingerprint density at radius 2 is 1.65 bits per heavy atom. The number of sulfonamides is 1. The van der Waals surface area contributed by atoms with Crippen LogP contribution in [0, 0.1) is 11.8 Å². The normalized spacial score (nSPS) is 16.5. The minimum Gasteiger partial charge on any atom is -0.273 e. The zero-order valence-electron chi connectivity index (χ0n) is 14.5. The van der Waals surface area contributed by atoms with Crippen molar-refractivity contribution in [1.82, 2.24) is 15.2 Å². The topological polar surface area (TPSA) is 95.6 Å². The molecule has 26 heavy (non-hydrogen) atoms. The molecule has 0 spiro atoms. The number of piperidine rings is 1. The molecule has 2 rings (SSSR count). The fourth-order valence-corrected chi connectivity index (χ4v) is 5.15. The summed E-state index contributed by atoms with van der Waals surface area (Å²) in [5, 5.41) is 0.127. The number of rotatable bonds is 4. The molecule has 0 atom stereocenters. The van der Waals surface area contributed by atoms with E-state index < -0.39 is 10.0 Å². The number of benzene rings is 1. The first-order valence-electron chi connectivity index (χ1n) is 8.18. The first-order chi connectivity index (χ1) is 12.1. The molecule has 1 aliphatic rings. The Hall–Kier alpha value is -1.35. The fourth-order valence-electron chi connectivity index (χ4n) is 2.59. The van der Waals surface area contributed by atoms with E-state index in [9.17, 15) is 18.0 Å². The Kier molecular flexibility index (Phi) is 6.90. The molecule has 1 fully saturated rings. The Labute approximate surface area is 163 Å². The SMILES string of the molecule is CC(C)C(=O)NNC(=O)C1CCN(S(=O)(=O)c2c(Cl)cccc2Cl)CC1. The van der Waals surface area contributed by atoms with Gasteiger partial charge >= 0.3 is 0 Å². The van der Waals surface area contributed by atoms with E-state index in [1.807, 2.05) is 0 Å². The van der Waals surface area contributed by atoms with Crippen molar-refractivity contribution in [1.29, 1.82) is 0 Å². The molecule has 1 saturated heterocycles. The second kappa shape index (κ2) is 8.56. The van der Waals surface area contributed by atoms with Gasteiger partial charge in [0.25, 0.3) is 0 Å². The van der Waals surface area contributed by atoms with Gasteiger partial charge in [-0.25, -0.2) is 8.42 Å². The minimum atomic E-state index is -3.84. The lowest BCUT2D eigenvalue weighted by Gasteiger charge is -2.31. The number of carbonyl (C=O) groups excluding carboxylic acids is 2. The molecule has 0 aromatic heterocycles. The van der Waals surface area contributed by atoms with Crippen LogP contribution < -0.4 is 10.9 Å². The highest BCUT2D eigenvalue weighted by Crippen LogP contribution is 2.33. The van der Waals surface area contributed by atoms with Crippen LogP contribution in [0.1, 0.15) is 26.7 Å². The van der Waals surface area contributed by atoms with Gasteiger partial charge in [0, 0.05) is 24.9 Å². The minimum absolute atomic E-state index is 0.0637. The van der Waals surface area contributed by atoms with Crippen molar-refractivity contribution in [2.24, 2.45) is 11.8 Å². The lowest BCUT2D eigenvalue weighted by atomic mass is 9.98. The maximum absolute atomic E-state index is 12.8. The van der Waals surface area contributed by atoms with Crippen LogP contribution in [-0.2, 0) is 19.6 Å². The molecule has 0 radical (unpaired) electrons. The third-order valence-corrected chi connectivity index (χ3v) is 7.03. The highest BCUT2D eigenvalue weighted by Gasteiger charge is 2.34. The molecular formula is C16H21Cl2N3O4S. The van der Waals surface area contributed by atoms with Crippen molar-refractivity contribution in [3.8, 4) is 0 Å². The van der Waals surface area contributed by atoms with E-state index in [-0.39, 0.29) is 51.7 Å². The molecule has 2 amide bonds. The van der Waals surface area contributed by atoms with Crippen LogP contribution >= 0.6 is 23.2 Å². The zero-order chi connectivity index (χ0) is 19.5. The van der Waals surface area contributed by atoms with Gasteiger partial charge in [-0.05, 0) is 25.0 Å². The lowest BCUT2D eigenvalue weighted by Crippen LogP contribution is -2.49. The van der Waals surface area contributed by atoms with Crippen LogP contribution in [-0.4, -0.2) is 37.6 Å². The maximum atomic E-state index is 12.8. The van der Waals surface area contributed by atoms with Crippen molar-refractivity contribution in [3.05, 3.63) is 28.2 Å². The van der Waals surface area contributed by atoms with Crippen LogP contribution in [0.4, 0.5) is 0 Å². The van der Waals surface area contributed by atoms with Gasteiger partial charge in [-0.2, -0.15) is 4.31 Å². The molecule has 1 aromatic carbocycles. The number of carbonyl (C=O) groups is 2. The predicted octanol–water partition coefficient (Wildman–Crippen LogP) is 2.20. The molecule has 2 N–H and O–H groups in total. The Balaban J connectivity index is 1.99. The average molecular weight is 422 g/mol. The van der Waals surface area contributed by atoms with E-state index in [0.29, 0.717) is 12.8 Å². The summed E-state index contributed by atoms with van der Waals surface area (Å²) >= 11 is 12.0. The van der Waals surface area contributed by atoms with Crippen molar-refractivity contribution >= 4 is 45.0 Å². The van der Waals surface area contributed by atoms with E-state index in [0.717, 1.165) is 0 Å². The van der Waals surface area contributed by atoms with Gasteiger partial charge in [-0.1, -0.05) is 43.1 Å². The van der Waals surface area contributed by atoms with Crippen LogP contribution in [0.25, 0.3) is 0 Å². The first-order valence-corrected chi connectivity index (χ1v) is 10.4. The second-order valence-electron chi connectivity index (χ2n) is 6.36. The van der Waals surface area contributed by atoms with E-state index in [1.165, 1.54) is 16.4 Å². The van der Waals surface area contributed by atoms with Gasteiger partial charge < -0.3 is 0 Å². The summed E-state index contributed by atoms with van der Waals surface area (Å²) in [5.74, 6) is -1.24. The van der Waals surface area contributed by atoms with Gasteiger partial charge in [0.05, 0.1) is 10.0 Å². The maximum Gasteiger partial charge on any atom is 0.246 e. The summed E-state index contributed by atoms with van der Waals surface area (Å²) in [4.78, 5) is 23.5. The Bertz CT molecular complexity index is 770. The molecule has 0 saturated carbocycles. The van der Waals surface area contributed by atoms with Crippen molar-refractivity contribution < 1.29 is 18.0 Å². The predicted molar refractivity (Wildman–Crippen MR) is 99.1 cm³/mol. The van der Waals surface area contributed by atoms with E-state index in [2.05, 4.69) is 10.9 Å². The quantitative estimate of drug-likeness (QED) is 0.728. The van der Waals surface area contributed by atoms with Crippen LogP contribution in [0.2, 0.25) is 10.0 Å². The molecule has 7 nitrogen and oxygen atoms in total. The van der Waals surface area contributed by atoms with Gasteiger partial charge in [0.1, 0.15) is 4.90 Å². The third-order valence-electron chi connectivity index (χ3n) is 4.17. The summed E-state index contributed by atoms with van der Waals surface area (Å²) in [5.41, 5.74) is 4.74. The van der Waals surface area contributed by atoms with Crippen LogP contribution in [0.5, 0.6) is 0 Å². The third kappa shape index (κ3) is 4.68. The second-order valence-corrected chi connectivity index (χ2v) is 9.05. The zero-order valence-corrected chi connectivity index (χ0v) is 16.8. The molecule has 144 valence electrons. The van der Waals surface area contributed by atoms with E-state index >= 15 is 0 Å². The van der Waals surface area contributed by atoms with E-state index in [1.54, 1.807) is 19.9 Å². The summed E-state index contributed by atoms with van der Waals surface area (Å²) < 4.78 is 26.9. The monoisotopic (exact) mass is 421 g/mol. The van der Waals surface area contributed by atoms with E-state index in [4.69, 9.17) is 23.2 Å². The van der Waals surface area contributed by atoms with Gasteiger partial charge in [0.15, 0.2) is 0 Å². The number of amides is 2. The molecule has 1 aliphatic heterocycles. The first kappa shape index (κ1) is 21.0. The van der Waals surface area contributed by atoms with Crippen LogP contribution in [0.15, 0.2) is 23.1 Å². The van der Waals surface area contributed by atoms with Crippen LogP contribution in [0.3, 0.4) is 0 Å². The van der Waals surface area contributed by atoms with Crippen molar-refractivity contribution in [2.75, 3.05) is 13.1 Å². The number of hydrogen-bond acceptors (Lipinski definition) is 4. The highest BCUT2D eigenvalue weighted by atomic mass is 35.5. The van der Waals surface area contributed by atoms with Gasteiger partial charge in [-0.3, -0.25) is 20.4 Å². The molecule has 1 aromatic rings. The molecule has 0 bridgehead atoms. The molecular weight excluding hydrogens is 401 g/mol.